The molecule has 0 aromatic heterocycles. The van der Waals surface area contributed by atoms with E-state index in [1.807, 2.05) is 36.2 Å². The van der Waals surface area contributed by atoms with Crippen molar-refractivity contribution in [1.29, 1.82) is 0 Å². The van der Waals surface area contributed by atoms with E-state index in [9.17, 15) is 9.50 Å². The summed E-state index contributed by atoms with van der Waals surface area (Å²) in [6, 6.07) is 10.7. The zero-order valence-corrected chi connectivity index (χ0v) is 12.7. The van der Waals surface area contributed by atoms with Crippen LogP contribution in [0.1, 0.15) is 24.2 Å². The van der Waals surface area contributed by atoms with Gasteiger partial charge in [0.15, 0.2) is 0 Å². The molecular formula is C17H20FNO2. The Bertz CT molecular complexity index is 641. The molecule has 3 nitrogen and oxygen atoms in total. The zero-order chi connectivity index (χ0) is 15.6. The first-order valence-electron chi connectivity index (χ1n) is 6.80. The van der Waals surface area contributed by atoms with Gasteiger partial charge in [-0.15, -0.1) is 0 Å². The summed E-state index contributed by atoms with van der Waals surface area (Å²) in [5.41, 5.74) is 2.70. The van der Waals surface area contributed by atoms with E-state index in [0.29, 0.717) is 11.1 Å². The number of benzene rings is 2. The molecule has 2 rings (SSSR count). The molecule has 0 heterocycles. The number of nitrogens with zero attached hydrogens (tertiary/aromatic N) is 1. The Morgan fingerprint density at radius 1 is 1.19 bits per heavy atom. The van der Waals surface area contributed by atoms with Crippen molar-refractivity contribution in [2.24, 2.45) is 0 Å². The van der Waals surface area contributed by atoms with Gasteiger partial charge in [-0.05, 0) is 43.7 Å². The molecule has 0 aliphatic heterocycles. The van der Waals surface area contributed by atoms with E-state index in [4.69, 9.17) is 4.74 Å². The maximum absolute atomic E-state index is 13.8. The standard InChI is InChI=1S/C17H20FNO2/c1-11-9-16(13(12(2)20)10-14(11)18)19(3)15-7-5-6-8-17(15)21-4/h5-10,12,20H,1-4H3/t12-/m1/s1. The summed E-state index contributed by atoms with van der Waals surface area (Å²) in [6.45, 7) is 3.34. The Hall–Kier alpha value is -2.07. The minimum atomic E-state index is -0.757. The van der Waals surface area contributed by atoms with Gasteiger partial charge >= 0.3 is 0 Å². The van der Waals surface area contributed by atoms with Crippen LogP contribution in [0.3, 0.4) is 0 Å². The van der Waals surface area contributed by atoms with Gasteiger partial charge in [0, 0.05) is 18.3 Å². The molecule has 21 heavy (non-hydrogen) atoms. The Kier molecular flexibility index (Phi) is 4.48. The molecule has 0 radical (unpaired) electrons. The summed E-state index contributed by atoms with van der Waals surface area (Å²) in [7, 11) is 3.48. The summed E-state index contributed by atoms with van der Waals surface area (Å²) in [4.78, 5) is 1.90. The van der Waals surface area contributed by atoms with Crippen LogP contribution in [0, 0.1) is 12.7 Å². The third kappa shape index (κ3) is 3.00. The largest absolute Gasteiger partial charge is 0.495 e. The number of methoxy groups -OCH3 is 1. The highest BCUT2D eigenvalue weighted by Crippen LogP contribution is 2.37. The van der Waals surface area contributed by atoms with Gasteiger partial charge in [0.2, 0.25) is 0 Å². The Balaban J connectivity index is 2.57. The quantitative estimate of drug-likeness (QED) is 0.924. The zero-order valence-electron chi connectivity index (χ0n) is 12.7. The van der Waals surface area contributed by atoms with Crippen LogP contribution in [0.5, 0.6) is 5.75 Å². The molecule has 0 saturated carbocycles. The van der Waals surface area contributed by atoms with Crippen LogP contribution in [0.2, 0.25) is 0 Å². The van der Waals surface area contributed by atoms with E-state index >= 15 is 0 Å². The van der Waals surface area contributed by atoms with Gasteiger partial charge in [-0.3, -0.25) is 0 Å². The number of aliphatic hydroxyl groups is 1. The third-order valence-corrected chi connectivity index (χ3v) is 3.57. The monoisotopic (exact) mass is 289 g/mol. The highest BCUT2D eigenvalue weighted by molar-refractivity contribution is 5.71. The number of aliphatic hydroxyl groups excluding tert-OH is 1. The number of hydrogen-bond donors (Lipinski definition) is 1. The molecule has 0 aliphatic carbocycles. The number of hydrogen-bond acceptors (Lipinski definition) is 3. The normalized spacial score (nSPS) is 12.1. The minimum absolute atomic E-state index is 0.317. The van der Waals surface area contributed by atoms with Crippen LogP contribution in [-0.2, 0) is 0 Å². The predicted octanol–water partition coefficient (Wildman–Crippen LogP) is 3.96. The number of para-hydroxylation sites is 2. The molecule has 0 unspecified atom stereocenters. The van der Waals surface area contributed by atoms with Gasteiger partial charge in [-0.2, -0.15) is 0 Å². The molecule has 1 N–H and O–H groups in total. The summed E-state index contributed by atoms with van der Waals surface area (Å²) < 4.78 is 19.1. The van der Waals surface area contributed by atoms with Crippen molar-refractivity contribution in [2.45, 2.75) is 20.0 Å². The average Bonchev–Trinajstić information content (AvgIpc) is 2.48. The van der Waals surface area contributed by atoms with Crippen LogP contribution in [0.25, 0.3) is 0 Å². The lowest BCUT2D eigenvalue weighted by Crippen LogP contribution is -2.14. The summed E-state index contributed by atoms with van der Waals surface area (Å²) in [5.74, 6) is 0.404. The molecule has 0 saturated heterocycles. The van der Waals surface area contributed by atoms with Gasteiger partial charge in [0.05, 0.1) is 18.9 Å². The van der Waals surface area contributed by atoms with Crippen LogP contribution >= 0.6 is 0 Å². The second-order valence-electron chi connectivity index (χ2n) is 5.07. The highest BCUT2D eigenvalue weighted by Gasteiger charge is 2.17. The first-order chi connectivity index (χ1) is 9.95. The molecule has 4 heteroatoms. The minimum Gasteiger partial charge on any atom is -0.495 e. The van der Waals surface area contributed by atoms with Crippen LogP contribution in [0.15, 0.2) is 36.4 Å². The van der Waals surface area contributed by atoms with Crippen LogP contribution in [-0.4, -0.2) is 19.3 Å². The molecule has 0 aliphatic rings. The number of anilines is 2. The highest BCUT2D eigenvalue weighted by atomic mass is 19.1. The summed E-state index contributed by atoms with van der Waals surface area (Å²) in [6.07, 6.45) is -0.757. The molecule has 0 spiro atoms. The van der Waals surface area contributed by atoms with Gasteiger partial charge in [-0.25, -0.2) is 4.39 Å². The van der Waals surface area contributed by atoms with E-state index in [1.165, 1.54) is 6.07 Å². The number of ether oxygens (including phenoxy) is 1. The SMILES string of the molecule is COc1ccccc1N(C)c1cc(C)c(F)cc1[C@@H](C)O. The smallest absolute Gasteiger partial charge is 0.142 e. The average molecular weight is 289 g/mol. The molecule has 0 fully saturated rings. The lowest BCUT2D eigenvalue weighted by molar-refractivity contribution is 0.199. The topological polar surface area (TPSA) is 32.7 Å². The molecule has 2 aromatic carbocycles. The van der Waals surface area contributed by atoms with Gasteiger partial charge in [0.1, 0.15) is 11.6 Å². The molecule has 1 atom stereocenters. The summed E-state index contributed by atoms with van der Waals surface area (Å²) in [5, 5.41) is 9.92. The second kappa shape index (κ2) is 6.14. The van der Waals surface area contributed by atoms with Crippen molar-refractivity contribution in [3.05, 3.63) is 53.3 Å². The van der Waals surface area contributed by atoms with Crippen molar-refractivity contribution in [1.82, 2.24) is 0 Å². The fraction of sp³-hybridized carbons (Fsp3) is 0.294. The van der Waals surface area contributed by atoms with Crippen molar-refractivity contribution >= 4 is 11.4 Å². The van der Waals surface area contributed by atoms with E-state index in [0.717, 1.165) is 17.1 Å². The predicted molar refractivity (Wildman–Crippen MR) is 82.8 cm³/mol. The first kappa shape index (κ1) is 15.3. The van der Waals surface area contributed by atoms with Gasteiger partial charge in [-0.1, -0.05) is 12.1 Å². The molecule has 2 aromatic rings. The van der Waals surface area contributed by atoms with E-state index in [-0.39, 0.29) is 5.82 Å². The maximum Gasteiger partial charge on any atom is 0.142 e. The van der Waals surface area contributed by atoms with E-state index in [2.05, 4.69) is 0 Å². The Morgan fingerprint density at radius 3 is 2.48 bits per heavy atom. The van der Waals surface area contributed by atoms with Gasteiger partial charge < -0.3 is 14.7 Å². The van der Waals surface area contributed by atoms with Gasteiger partial charge in [0.25, 0.3) is 0 Å². The number of rotatable bonds is 4. The van der Waals surface area contributed by atoms with Crippen molar-refractivity contribution in [3.8, 4) is 5.75 Å². The molecule has 112 valence electrons. The second-order valence-corrected chi connectivity index (χ2v) is 5.07. The summed E-state index contributed by atoms with van der Waals surface area (Å²) >= 11 is 0. The Morgan fingerprint density at radius 2 is 1.86 bits per heavy atom. The van der Waals surface area contributed by atoms with E-state index < -0.39 is 6.10 Å². The molecule has 0 bridgehead atoms. The molecular weight excluding hydrogens is 269 g/mol. The lowest BCUT2D eigenvalue weighted by atomic mass is 10.0. The number of aryl methyl sites for hydroxylation is 1. The van der Waals surface area contributed by atoms with Crippen LogP contribution in [0.4, 0.5) is 15.8 Å². The van der Waals surface area contributed by atoms with Crippen molar-refractivity contribution < 1.29 is 14.2 Å². The molecule has 0 amide bonds. The van der Waals surface area contributed by atoms with Crippen molar-refractivity contribution in [3.63, 3.8) is 0 Å². The maximum atomic E-state index is 13.8. The lowest BCUT2D eigenvalue weighted by Gasteiger charge is -2.26. The van der Waals surface area contributed by atoms with E-state index in [1.54, 1.807) is 27.0 Å². The number of halogens is 1. The first-order valence-corrected chi connectivity index (χ1v) is 6.80. The fourth-order valence-electron chi connectivity index (χ4n) is 2.34. The fourth-order valence-corrected chi connectivity index (χ4v) is 2.34. The van der Waals surface area contributed by atoms with Crippen LogP contribution < -0.4 is 9.64 Å². The third-order valence-electron chi connectivity index (χ3n) is 3.57. The van der Waals surface area contributed by atoms with Crippen molar-refractivity contribution in [2.75, 3.05) is 19.1 Å². The Labute approximate surface area is 124 Å².